The summed E-state index contributed by atoms with van der Waals surface area (Å²) in [7, 11) is 0. The van der Waals surface area contributed by atoms with Crippen LogP contribution < -0.4 is 11.5 Å². The molecule has 1 aromatic rings. The lowest BCUT2D eigenvalue weighted by molar-refractivity contribution is 0.900. The maximum atomic E-state index is 5.86. The molecule has 0 amide bonds. The Kier molecular flexibility index (Phi) is 2.73. The predicted molar refractivity (Wildman–Crippen MR) is 57.5 cm³/mol. The number of nitrogens with two attached hydrogens (primary N) is 2. The minimum atomic E-state index is -0.0979. The number of hydrogen-bond acceptors (Lipinski definition) is 2. The van der Waals surface area contributed by atoms with Gasteiger partial charge in [0.2, 0.25) is 0 Å². The smallest absolute Gasteiger partial charge is 0.0481 e. The Morgan fingerprint density at radius 2 is 1.92 bits per heavy atom. The normalized spacial score (nSPS) is 12.5. The Bertz CT molecular complexity index is 329. The van der Waals surface area contributed by atoms with Gasteiger partial charge in [-0.2, -0.15) is 0 Å². The molecule has 0 aromatic heterocycles. The quantitative estimate of drug-likeness (QED) is 0.535. The van der Waals surface area contributed by atoms with Crippen LogP contribution in [0.4, 0.5) is 5.69 Å². The van der Waals surface area contributed by atoms with E-state index in [-0.39, 0.29) is 6.04 Å². The van der Waals surface area contributed by atoms with Crippen LogP contribution in [0.1, 0.15) is 22.7 Å². The van der Waals surface area contributed by atoms with Crippen LogP contribution in [0.3, 0.4) is 0 Å². The van der Waals surface area contributed by atoms with Crippen molar-refractivity contribution in [2.45, 2.75) is 19.9 Å². The second-order valence-electron chi connectivity index (χ2n) is 3.33. The number of anilines is 1. The largest absolute Gasteiger partial charge is 0.399 e. The maximum absolute atomic E-state index is 5.86. The van der Waals surface area contributed by atoms with E-state index >= 15 is 0 Å². The van der Waals surface area contributed by atoms with Crippen LogP contribution in [0.2, 0.25) is 0 Å². The summed E-state index contributed by atoms with van der Waals surface area (Å²) in [4.78, 5) is 0. The van der Waals surface area contributed by atoms with Crippen molar-refractivity contribution in [1.82, 2.24) is 0 Å². The van der Waals surface area contributed by atoms with Crippen LogP contribution in [0.5, 0.6) is 0 Å². The zero-order chi connectivity index (χ0) is 10.0. The molecule has 0 saturated heterocycles. The molecule has 1 rings (SSSR count). The third kappa shape index (κ3) is 1.90. The van der Waals surface area contributed by atoms with E-state index in [0.717, 1.165) is 22.4 Å². The molecule has 4 N–H and O–H groups in total. The third-order valence-corrected chi connectivity index (χ3v) is 2.27. The molecule has 2 nitrogen and oxygen atoms in total. The fourth-order valence-corrected chi connectivity index (χ4v) is 1.35. The molecule has 0 heterocycles. The molecule has 0 aliphatic heterocycles. The molecule has 1 atom stereocenters. The molecule has 1 aromatic carbocycles. The van der Waals surface area contributed by atoms with Crippen LogP contribution in [0.25, 0.3) is 0 Å². The minimum Gasteiger partial charge on any atom is -0.399 e. The molecule has 2 heteroatoms. The highest BCUT2D eigenvalue weighted by atomic mass is 14.6. The summed E-state index contributed by atoms with van der Waals surface area (Å²) in [5.74, 6) is 0. The van der Waals surface area contributed by atoms with Crippen molar-refractivity contribution in [3.63, 3.8) is 0 Å². The van der Waals surface area contributed by atoms with Gasteiger partial charge < -0.3 is 11.5 Å². The first-order valence-corrected chi connectivity index (χ1v) is 4.31. The first kappa shape index (κ1) is 9.81. The highest BCUT2D eigenvalue weighted by Gasteiger charge is 2.06. The fourth-order valence-electron chi connectivity index (χ4n) is 1.35. The van der Waals surface area contributed by atoms with Gasteiger partial charge in [0.05, 0.1) is 0 Å². The van der Waals surface area contributed by atoms with Gasteiger partial charge in [0, 0.05) is 11.7 Å². The van der Waals surface area contributed by atoms with Gasteiger partial charge in [-0.1, -0.05) is 12.1 Å². The Balaban J connectivity index is 3.22. The average molecular weight is 176 g/mol. The predicted octanol–water partition coefficient (Wildman–Crippen LogP) is 2.07. The van der Waals surface area contributed by atoms with Crippen molar-refractivity contribution >= 4 is 5.69 Å². The van der Waals surface area contributed by atoms with E-state index < -0.39 is 0 Å². The summed E-state index contributed by atoms with van der Waals surface area (Å²) in [5, 5.41) is 0. The lowest BCUT2D eigenvalue weighted by Crippen LogP contribution is -2.09. The molecule has 13 heavy (non-hydrogen) atoms. The first-order chi connectivity index (χ1) is 6.06. The molecular formula is C11H16N2. The van der Waals surface area contributed by atoms with Gasteiger partial charge >= 0.3 is 0 Å². The van der Waals surface area contributed by atoms with Gasteiger partial charge in [-0.05, 0) is 36.6 Å². The average Bonchev–Trinajstić information content (AvgIpc) is 2.10. The third-order valence-electron chi connectivity index (χ3n) is 2.27. The van der Waals surface area contributed by atoms with Crippen molar-refractivity contribution in [3.05, 3.63) is 41.5 Å². The number of hydrogen-bond donors (Lipinski definition) is 2. The van der Waals surface area contributed by atoms with Crippen LogP contribution in [0.15, 0.2) is 24.8 Å². The van der Waals surface area contributed by atoms with Crippen LogP contribution >= 0.6 is 0 Å². The zero-order valence-electron chi connectivity index (χ0n) is 8.17. The molecule has 1 unspecified atom stereocenters. The zero-order valence-corrected chi connectivity index (χ0v) is 8.17. The summed E-state index contributed by atoms with van der Waals surface area (Å²) < 4.78 is 0. The molecule has 0 fully saturated rings. The van der Waals surface area contributed by atoms with E-state index in [0.29, 0.717) is 0 Å². The SMILES string of the molecule is C=CC(N)c1cc(C)c(N)cc1C. The minimum absolute atomic E-state index is 0.0979. The van der Waals surface area contributed by atoms with Crippen molar-refractivity contribution in [3.8, 4) is 0 Å². The Labute approximate surface area is 79.2 Å². The van der Waals surface area contributed by atoms with Gasteiger partial charge in [-0.15, -0.1) is 6.58 Å². The maximum Gasteiger partial charge on any atom is 0.0481 e. The number of nitrogen functional groups attached to an aromatic ring is 1. The van der Waals surface area contributed by atoms with E-state index in [1.165, 1.54) is 0 Å². The van der Waals surface area contributed by atoms with Crippen molar-refractivity contribution in [1.29, 1.82) is 0 Å². The molecule has 0 aliphatic carbocycles. The standard InChI is InChI=1S/C11H16N2/c1-4-10(12)9-5-8(3)11(13)6-7(9)2/h4-6,10H,1,12-13H2,2-3H3. The Morgan fingerprint density at radius 3 is 2.46 bits per heavy atom. The summed E-state index contributed by atoms with van der Waals surface area (Å²) in [5.41, 5.74) is 15.7. The Morgan fingerprint density at radius 1 is 1.31 bits per heavy atom. The van der Waals surface area contributed by atoms with Gasteiger partial charge in [0.15, 0.2) is 0 Å². The van der Waals surface area contributed by atoms with Gasteiger partial charge in [-0.25, -0.2) is 0 Å². The van der Waals surface area contributed by atoms with Gasteiger partial charge in [0.25, 0.3) is 0 Å². The van der Waals surface area contributed by atoms with Crippen LogP contribution in [-0.2, 0) is 0 Å². The molecule has 0 aliphatic rings. The van der Waals surface area contributed by atoms with Crippen molar-refractivity contribution in [2.24, 2.45) is 5.73 Å². The molecule has 0 bridgehead atoms. The summed E-state index contributed by atoms with van der Waals surface area (Å²) in [6.07, 6.45) is 1.73. The molecule has 0 saturated carbocycles. The van der Waals surface area contributed by atoms with Gasteiger partial charge in [0.1, 0.15) is 0 Å². The van der Waals surface area contributed by atoms with E-state index in [4.69, 9.17) is 11.5 Å². The number of aryl methyl sites for hydroxylation is 2. The summed E-state index contributed by atoms with van der Waals surface area (Å²) >= 11 is 0. The first-order valence-electron chi connectivity index (χ1n) is 4.31. The topological polar surface area (TPSA) is 52.0 Å². The molecule has 0 radical (unpaired) electrons. The lowest BCUT2D eigenvalue weighted by Gasteiger charge is -2.12. The second kappa shape index (κ2) is 3.62. The number of rotatable bonds is 2. The molecular weight excluding hydrogens is 160 g/mol. The Hall–Kier alpha value is -1.28. The van der Waals surface area contributed by atoms with E-state index in [2.05, 4.69) is 6.58 Å². The second-order valence-corrected chi connectivity index (χ2v) is 3.33. The van der Waals surface area contributed by atoms with Crippen LogP contribution in [0, 0.1) is 13.8 Å². The highest BCUT2D eigenvalue weighted by molar-refractivity contribution is 5.52. The fraction of sp³-hybridized carbons (Fsp3) is 0.273. The summed E-state index contributed by atoms with van der Waals surface area (Å²) in [6, 6.07) is 3.88. The van der Waals surface area contributed by atoms with E-state index in [1.807, 2.05) is 26.0 Å². The molecule has 70 valence electrons. The monoisotopic (exact) mass is 176 g/mol. The summed E-state index contributed by atoms with van der Waals surface area (Å²) in [6.45, 7) is 7.66. The lowest BCUT2D eigenvalue weighted by atomic mass is 9.98. The van der Waals surface area contributed by atoms with E-state index in [1.54, 1.807) is 6.08 Å². The number of benzene rings is 1. The van der Waals surface area contributed by atoms with Crippen molar-refractivity contribution < 1.29 is 0 Å². The van der Waals surface area contributed by atoms with Crippen molar-refractivity contribution in [2.75, 3.05) is 5.73 Å². The molecule has 0 spiro atoms. The van der Waals surface area contributed by atoms with Crippen LogP contribution in [-0.4, -0.2) is 0 Å². The van der Waals surface area contributed by atoms with E-state index in [9.17, 15) is 0 Å². The van der Waals surface area contributed by atoms with Gasteiger partial charge in [-0.3, -0.25) is 0 Å². The highest BCUT2D eigenvalue weighted by Crippen LogP contribution is 2.22.